The average molecular weight is 316 g/mol. The molecule has 0 aromatic carbocycles. The number of hydrogen-bond acceptors (Lipinski definition) is 3. The zero-order valence-electron chi connectivity index (χ0n) is 15.0. The van der Waals surface area contributed by atoms with Crippen LogP contribution in [0.25, 0.3) is 0 Å². The van der Waals surface area contributed by atoms with Crippen molar-refractivity contribution in [2.24, 2.45) is 0 Å². The van der Waals surface area contributed by atoms with Gasteiger partial charge in [0.05, 0.1) is 11.7 Å². The number of aliphatic hydroxyl groups excluding tert-OH is 1. The monoisotopic (exact) mass is 315 g/mol. The normalized spacial score (nSPS) is 27.9. The highest BCUT2D eigenvalue weighted by atomic mass is 28.4. The maximum atomic E-state index is 10.2. The third kappa shape index (κ3) is 4.09. The van der Waals surface area contributed by atoms with Gasteiger partial charge in [0.25, 0.3) is 0 Å². The molecule has 1 saturated heterocycles. The molecule has 0 unspecified atom stereocenters. The lowest BCUT2D eigenvalue weighted by molar-refractivity contribution is -0.126. The fraction of sp³-hybridized carbons (Fsp3) is 0.941. The van der Waals surface area contributed by atoms with Crippen LogP contribution in [0.4, 0.5) is 0 Å². The van der Waals surface area contributed by atoms with Crippen molar-refractivity contribution in [1.82, 2.24) is 0 Å². The zero-order chi connectivity index (χ0) is 16.3. The number of rotatable bonds is 7. The smallest absolute Gasteiger partial charge is 0.200 e. The molecule has 0 spiro atoms. The minimum Gasteiger partial charge on any atom is -0.416 e. The van der Waals surface area contributed by atoms with Crippen molar-refractivity contribution in [3.8, 4) is 0 Å². The molecule has 0 aliphatic carbocycles. The molecule has 0 amide bonds. The van der Waals surface area contributed by atoms with Crippen LogP contribution in [-0.2, 0) is 9.16 Å². The highest BCUT2D eigenvalue weighted by molar-refractivity contribution is 6.77. The van der Waals surface area contributed by atoms with Crippen LogP contribution in [0.1, 0.15) is 61.3 Å². The summed E-state index contributed by atoms with van der Waals surface area (Å²) in [5, 5.41) is 10.2. The minimum absolute atomic E-state index is 0.414. The second kappa shape index (κ2) is 7.58. The summed E-state index contributed by atoms with van der Waals surface area (Å²) in [6.45, 7) is 17.0. The third-order valence-electron chi connectivity index (χ3n) is 5.23. The van der Waals surface area contributed by atoms with Crippen LogP contribution in [0, 0.1) is 6.42 Å². The second-order valence-electron chi connectivity index (χ2n) is 7.52. The van der Waals surface area contributed by atoms with E-state index >= 15 is 0 Å². The molecule has 3 nitrogen and oxygen atoms in total. The van der Waals surface area contributed by atoms with Gasteiger partial charge in [-0.1, -0.05) is 41.5 Å². The first-order valence-corrected chi connectivity index (χ1v) is 10.6. The lowest BCUT2D eigenvalue weighted by Crippen LogP contribution is -2.51. The van der Waals surface area contributed by atoms with Gasteiger partial charge in [0.2, 0.25) is 0 Å². The molecular weight excluding hydrogens is 280 g/mol. The summed E-state index contributed by atoms with van der Waals surface area (Å²) in [6.07, 6.45) is 3.39. The quantitative estimate of drug-likeness (QED) is 0.711. The van der Waals surface area contributed by atoms with Gasteiger partial charge in [0.1, 0.15) is 0 Å². The molecule has 0 aromatic rings. The van der Waals surface area contributed by atoms with E-state index in [2.05, 4.69) is 41.5 Å². The Labute approximate surface area is 132 Å². The zero-order valence-corrected chi connectivity index (χ0v) is 16.0. The van der Waals surface area contributed by atoms with Crippen molar-refractivity contribution in [3.05, 3.63) is 6.42 Å². The van der Waals surface area contributed by atoms with Gasteiger partial charge in [-0.2, -0.15) is 0 Å². The van der Waals surface area contributed by atoms with Crippen molar-refractivity contribution in [3.63, 3.8) is 0 Å². The van der Waals surface area contributed by atoms with E-state index in [9.17, 15) is 5.11 Å². The summed E-state index contributed by atoms with van der Waals surface area (Å²) < 4.78 is 12.3. The Kier molecular flexibility index (Phi) is 6.91. The molecule has 1 radical (unpaired) electrons. The van der Waals surface area contributed by atoms with Crippen LogP contribution < -0.4 is 0 Å². The van der Waals surface area contributed by atoms with Crippen LogP contribution in [0.5, 0.6) is 0 Å². The predicted molar refractivity (Wildman–Crippen MR) is 90.9 cm³/mol. The molecule has 4 heteroatoms. The summed E-state index contributed by atoms with van der Waals surface area (Å²) in [4.78, 5) is 0. The molecule has 1 heterocycles. The molecule has 21 heavy (non-hydrogen) atoms. The average Bonchev–Trinajstić information content (AvgIpc) is 2.37. The van der Waals surface area contributed by atoms with Gasteiger partial charge in [-0.15, -0.1) is 0 Å². The van der Waals surface area contributed by atoms with E-state index in [-0.39, 0.29) is 0 Å². The summed E-state index contributed by atoms with van der Waals surface area (Å²) in [7, 11) is -1.84. The maximum absolute atomic E-state index is 10.2. The third-order valence-corrected chi connectivity index (χ3v) is 11.3. The first-order valence-electron chi connectivity index (χ1n) is 8.47. The lowest BCUT2D eigenvalue weighted by Gasteiger charge is -2.44. The molecule has 1 aliphatic rings. The Morgan fingerprint density at radius 3 is 2.14 bits per heavy atom. The molecular formula is C17H35O3Si. The Morgan fingerprint density at radius 2 is 1.71 bits per heavy atom. The van der Waals surface area contributed by atoms with Gasteiger partial charge in [-0.3, -0.25) is 0 Å². The summed E-state index contributed by atoms with van der Waals surface area (Å²) >= 11 is 0. The van der Waals surface area contributed by atoms with Crippen LogP contribution in [0.2, 0.25) is 16.6 Å². The lowest BCUT2D eigenvalue weighted by atomic mass is 9.90. The molecule has 0 bridgehead atoms. The van der Waals surface area contributed by atoms with Crippen molar-refractivity contribution >= 4 is 8.32 Å². The Balaban J connectivity index is 2.70. The molecule has 0 saturated carbocycles. The molecule has 0 aromatic heterocycles. The highest BCUT2D eigenvalue weighted by Gasteiger charge is 2.46. The standard InChI is InChI=1S/C17H35O3Si/c1-13(2)21(14(3)4,15(5)6)20-12-10-17(7)16(18)9-8-11-19-17/h10,13-16,18H,8-9,11-12H2,1-7H3/t16-,17+/m1/s1. The van der Waals surface area contributed by atoms with E-state index in [1.807, 2.05) is 13.3 Å². The van der Waals surface area contributed by atoms with Crippen molar-refractivity contribution in [2.75, 3.05) is 13.2 Å². The van der Waals surface area contributed by atoms with E-state index in [0.717, 1.165) is 19.4 Å². The molecule has 1 rings (SSSR count). The minimum atomic E-state index is -1.84. The van der Waals surface area contributed by atoms with E-state index in [0.29, 0.717) is 23.2 Å². The topological polar surface area (TPSA) is 38.7 Å². The van der Waals surface area contributed by atoms with E-state index < -0.39 is 20.0 Å². The summed E-state index contributed by atoms with van der Waals surface area (Å²) in [5.74, 6) is 0. The first kappa shape index (κ1) is 19.1. The Bertz CT molecular complexity index is 295. The molecule has 1 fully saturated rings. The molecule has 1 aliphatic heterocycles. The van der Waals surface area contributed by atoms with Crippen LogP contribution in [0.15, 0.2) is 0 Å². The van der Waals surface area contributed by atoms with Gasteiger partial charge < -0.3 is 14.3 Å². The van der Waals surface area contributed by atoms with Gasteiger partial charge in [-0.05, 0) is 36.4 Å². The van der Waals surface area contributed by atoms with Crippen LogP contribution in [0.3, 0.4) is 0 Å². The summed E-state index contributed by atoms with van der Waals surface area (Å²) in [5.41, 5.74) is 1.19. The van der Waals surface area contributed by atoms with Gasteiger partial charge in [-0.25, -0.2) is 0 Å². The number of ether oxygens (including phenoxy) is 1. The van der Waals surface area contributed by atoms with Crippen molar-refractivity contribution in [2.45, 2.75) is 89.6 Å². The highest BCUT2D eigenvalue weighted by Crippen LogP contribution is 2.42. The molecule has 2 atom stereocenters. The van der Waals surface area contributed by atoms with Gasteiger partial charge >= 0.3 is 0 Å². The molecule has 1 N–H and O–H groups in total. The fourth-order valence-corrected chi connectivity index (χ4v) is 9.37. The van der Waals surface area contributed by atoms with Crippen LogP contribution in [-0.4, -0.2) is 38.3 Å². The molecule has 125 valence electrons. The van der Waals surface area contributed by atoms with Gasteiger partial charge in [0, 0.05) is 19.6 Å². The Hall–Kier alpha value is 0.0969. The SMILES string of the molecule is CC(C)[Si](OC[CH][C@]1(C)OCCC[C@H]1O)(C(C)C)C(C)C. The number of hydrogen-bond donors (Lipinski definition) is 1. The first-order chi connectivity index (χ1) is 9.67. The van der Waals surface area contributed by atoms with Crippen molar-refractivity contribution < 1.29 is 14.3 Å². The number of aliphatic hydroxyl groups is 1. The van der Waals surface area contributed by atoms with E-state index in [1.165, 1.54) is 0 Å². The maximum Gasteiger partial charge on any atom is 0.200 e. The Morgan fingerprint density at radius 1 is 1.19 bits per heavy atom. The van der Waals surface area contributed by atoms with E-state index in [1.54, 1.807) is 0 Å². The largest absolute Gasteiger partial charge is 0.416 e. The second-order valence-corrected chi connectivity index (χ2v) is 13.0. The van der Waals surface area contributed by atoms with Crippen LogP contribution >= 0.6 is 0 Å². The van der Waals surface area contributed by atoms with Crippen molar-refractivity contribution in [1.29, 1.82) is 0 Å². The van der Waals surface area contributed by atoms with Gasteiger partial charge in [0.15, 0.2) is 8.32 Å². The summed E-state index contributed by atoms with van der Waals surface area (Å²) in [6, 6.07) is 0. The fourth-order valence-electron chi connectivity index (χ4n) is 4.00. The van der Waals surface area contributed by atoms with E-state index in [4.69, 9.17) is 9.16 Å². The predicted octanol–water partition coefficient (Wildman–Crippen LogP) is 4.31.